The molecule has 0 saturated heterocycles. The van der Waals surface area contributed by atoms with Gasteiger partial charge in [-0.3, -0.25) is 0 Å². The molecule has 0 fully saturated rings. The lowest BCUT2D eigenvalue weighted by molar-refractivity contribution is 0.0114. The molecule has 0 bridgehead atoms. The second-order valence-corrected chi connectivity index (χ2v) is 6.79. The van der Waals surface area contributed by atoms with Crippen LogP contribution in [0.1, 0.15) is 64.4 Å². The van der Waals surface area contributed by atoms with E-state index in [1.807, 2.05) is 6.92 Å². The highest BCUT2D eigenvalue weighted by molar-refractivity contribution is 5.27. The predicted molar refractivity (Wildman–Crippen MR) is 112 cm³/mol. The highest BCUT2D eigenvalue weighted by atomic mass is 16.6. The molecule has 0 spiro atoms. The minimum atomic E-state index is 0.566. The van der Waals surface area contributed by atoms with E-state index in [0.29, 0.717) is 39.6 Å². The van der Waals surface area contributed by atoms with Crippen molar-refractivity contribution in [1.29, 1.82) is 0 Å². The topological polar surface area (TPSA) is 36.9 Å². The number of rotatable bonds is 19. The first-order valence-corrected chi connectivity index (χ1v) is 10.8. The molecule has 4 heteroatoms. The van der Waals surface area contributed by atoms with Crippen LogP contribution in [0.3, 0.4) is 0 Å². The third kappa shape index (κ3) is 14.6. The summed E-state index contributed by atoms with van der Waals surface area (Å²) in [6.07, 6.45) is 10.7. The average Bonchev–Trinajstić information content (AvgIpc) is 2.70. The predicted octanol–water partition coefficient (Wildman–Crippen LogP) is 5.43. The Morgan fingerprint density at radius 1 is 0.593 bits per heavy atom. The largest absolute Gasteiger partial charge is 0.491 e. The first-order chi connectivity index (χ1) is 13.4. The van der Waals surface area contributed by atoms with Gasteiger partial charge < -0.3 is 18.9 Å². The maximum absolute atomic E-state index is 5.72. The Morgan fingerprint density at radius 2 is 1.15 bits per heavy atom. The number of aryl methyl sites for hydroxylation is 1. The summed E-state index contributed by atoms with van der Waals surface area (Å²) < 4.78 is 21.8. The standard InChI is InChI=1S/C23H40O4/c1-3-5-6-7-8-9-10-11-22-12-14-23(15-13-22)27-21-20-26-19-18-25-17-16-24-4-2/h12-15H,3-11,16-21H2,1-2H3. The van der Waals surface area contributed by atoms with Gasteiger partial charge in [0.15, 0.2) is 0 Å². The summed E-state index contributed by atoms with van der Waals surface area (Å²) in [5, 5.41) is 0. The van der Waals surface area contributed by atoms with E-state index in [2.05, 4.69) is 31.2 Å². The van der Waals surface area contributed by atoms with Crippen LogP contribution in [0, 0.1) is 0 Å². The summed E-state index contributed by atoms with van der Waals surface area (Å²) in [6, 6.07) is 8.49. The van der Waals surface area contributed by atoms with Gasteiger partial charge in [-0.1, -0.05) is 57.6 Å². The van der Waals surface area contributed by atoms with Gasteiger partial charge in [0.05, 0.1) is 33.0 Å². The van der Waals surface area contributed by atoms with Crippen molar-refractivity contribution in [3.63, 3.8) is 0 Å². The van der Waals surface area contributed by atoms with E-state index in [1.54, 1.807) is 0 Å². The molecule has 4 nitrogen and oxygen atoms in total. The Bertz CT molecular complexity index is 419. The van der Waals surface area contributed by atoms with E-state index < -0.39 is 0 Å². The number of unbranched alkanes of at least 4 members (excludes halogenated alkanes) is 6. The van der Waals surface area contributed by atoms with E-state index in [0.717, 1.165) is 12.4 Å². The highest BCUT2D eigenvalue weighted by Gasteiger charge is 1.98. The molecule has 0 amide bonds. The molecule has 1 rings (SSSR count). The maximum atomic E-state index is 5.72. The summed E-state index contributed by atoms with van der Waals surface area (Å²) >= 11 is 0. The van der Waals surface area contributed by atoms with Crippen molar-refractivity contribution in [1.82, 2.24) is 0 Å². The van der Waals surface area contributed by atoms with E-state index in [9.17, 15) is 0 Å². The Morgan fingerprint density at radius 3 is 1.78 bits per heavy atom. The SMILES string of the molecule is CCCCCCCCCc1ccc(OCCOCCOCCOCC)cc1. The second-order valence-electron chi connectivity index (χ2n) is 6.79. The van der Waals surface area contributed by atoms with Crippen molar-refractivity contribution >= 4 is 0 Å². The van der Waals surface area contributed by atoms with Crippen LogP contribution in [0.15, 0.2) is 24.3 Å². The van der Waals surface area contributed by atoms with Gasteiger partial charge in [-0.05, 0) is 37.5 Å². The summed E-state index contributed by atoms with van der Waals surface area (Å²) in [5.74, 6) is 0.912. The van der Waals surface area contributed by atoms with Gasteiger partial charge in [-0.15, -0.1) is 0 Å². The molecule has 0 saturated carbocycles. The van der Waals surface area contributed by atoms with Gasteiger partial charge in [0.25, 0.3) is 0 Å². The van der Waals surface area contributed by atoms with Crippen LogP contribution in [0.5, 0.6) is 5.75 Å². The molecule has 0 atom stereocenters. The first-order valence-electron chi connectivity index (χ1n) is 10.8. The van der Waals surface area contributed by atoms with Gasteiger partial charge >= 0.3 is 0 Å². The van der Waals surface area contributed by atoms with Crippen LogP contribution in [-0.2, 0) is 20.6 Å². The van der Waals surface area contributed by atoms with E-state index >= 15 is 0 Å². The average molecular weight is 381 g/mol. The van der Waals surface area contributed by atoms with Crippen LogP contribution < -0.4 is 4.74 Å². The highest BCUT2D eigenvalue weighted by Crippen LogP contribution is 2.15. The molecule has 0 aliphatic rings. The van der Waals surface area contributed by atoms with Crippen LogP contribution in [-0.4, -0.2) is 46.2 Å². The minimum Gasteiger partial charge on any atom is -0.491 e. The Labute approximate surface area is 166 Å². The molecular weight excluding hydrogens is 340 g/mol. The molecule has 0 heterocycles. The van der Waals surface area contributed by atoms with Gasteiger partial charge in [-0.2, -0.15) is 0 Å². The van der Waals surface area contributed by atoms with Crippen LogP contribution in [0.2, 0.25) is 0 Å². The normalized spacial score (nSPS) is 11.0. The van der Waals surface area contributed by atoms with E-state index in [1.165, 1.54) is 56.9 Å². The second kappa shape index (κ2) is 18.3. The lowest BCUT2D eigenvalue weighted by atomic mass is 10.0. The zero-order valence-corrected chi connectivity index (χ0v) is 17.5. The summed E-state index contributed by atoms with van der Waals surface area (Å²) in [5.41, 5.74) is 1.40. The monoisotopic (exact) mass is 380 g/mol. The fourth-order valence-electron chi connectivity index (χ4n) is 2.84. The Balaban J connectivity index is 1.95. The van der Waals surface area contributed by atoms with Crippen molar-refractivity contribution < 1.29 is 18.9 Å². The fourth-order valence-corrected chi connectivity index (χ4v) is 2.84. The van der Waals surface area contributed by atoms with Crippen molar-refractivity contribution in [3.8, 4) is 5.75 Å². The number of hydrogen-bond donors (Lipinski definition) is 0. The summed E-state index contributed by atoms with van der Waals surface area (Å²) in [6.45, 7) is 8.58. The van der Waals surface area contributed by atoms with Crippen LogP contribution >= 0.6 is 0 Å². The fraction of sp³-hybridized carbons (Fsp3) is 0.739. The number of hydrogen-bond acceptors (Lipinski definition) is 4. The summed E-state index contributed by atoms with van der Waals surface area (Å²) in [7, 11) is 0. The first kappa shape index (κ1) is 23.9. The Hall–Kier alpha value is -1.10. The molecule has 1 aromatic carbocycles. The molecule has 27 heavy (non-hydrogen) atoms. The zero-order valence-electron chi connectivity index (χ0n) is 17.5. The molecule has 0 aliphatic carbocycles. The van der Waals surface area contributed by atoms with Crippen molar-refractivity contribution in [2.24, 2.45) is 0 Å². The Kier molecular flexibility index (Phi) is 16.2. The molecule has 0 unspecified atom stereocenters. The zero-order chi connectivity index (χ0) is 19.4. The quantitative estimate of drug-likeness (QED) is 0.300. The lowest BCUT2D eigenvalue weighted by Gasteiger charge is -2.09. The third-order valence-corrected chi connectivity index (χ3v) is 4.44. The molecule has 0 aromatic heterocycles. The van der Waals surface area contributed by atoms with Crippen molar-refractivity contribution in [2.45, 2.75) is 65.2 Å². The molecule has 156 valence electrons. The van der Waals surface area contributed by atoms with Crippen LogP contribution in [0.25, 0.3) is 0 Å². The number of ether oxygens (including phenoxy) is 4. The smallest absolute Gasteiger partial charge is 0.119 e. The molecule has 0 aliphatic heterocycles. The van der Waals surface area contributed by atoms with Gasteiger partial charge in [0, 0.05) is 6.61 Å². The van der Waals surface area contributed by atoms with Crippen molar-refractivity contribution in [2.75, 3.05) is 46.2 Å². The molecule has 0 radical (unpaired) electrons. The summed E-state index contributed by atoms with van der Waals surface area (Å²) in [4.78, 5) is 0. The lowest BCUT2D eigenvalue weighted by Crippen LogP contribution is -2.12. The maximum Gasteiger partial charge on any atom is 0.119 e. The third-order valence-electron chi connectivity index (χ3n) is 4.44. The number of benzene rings is 1. The molecular formula is C23H40O4. The molecule has 0 N–H and O–H groups in total. The van der Waals surface area contributed by atoms with Crippen molar-refractivity contribution in [3.05, 3.63) is 29.8 Å². The minimum absolute atomic E-state index is 0.566. The van der Waals surface area contributed by atoms with Crippen LogP contribution in [0.4, 0.5) is 0 Å². The van der Waals surface area contributed by atoms with E-state index in [-0.39, 0.29) is 0 Å². The molecule has 1 aromatic rings. The van der Waals surface area contributed by atoms with E-state index in [4.69, 9.17) is 18.9 Å². The van der Waals surface area contributed by atoms with Gasteiger partial charge in [0.1, 0.15) is 12.4 Å². The van der Waals surface area contributed by atoms with Gasteiger partial charge in [-0.25, -0.2) is 0 Å². The van der Waals surface area contributed by atoms with Gasteiger partial charge in [0.2, 0.25) is 0 Å².